The van der Waals surface area contributed by atoms with E-state index in [1.165, 1.54) is 0 Å². The number of thiocarbonyl (C=S) groups is 1. The molecule has 0 amide bonds. The molecule has 0 unspecified atom stereocenters. The zero-order valence-corrected chi connectivity index (χ0v) is 7.90. The van der Waals surface area contributed by atoms with Gasteiger partial charge in [-0.3, -0.25) is 4.72 Å². The quantitative estimate of drug-likeness (QED) is 0.578. The number of hydrogen-bond acceptors (Lipinski definition) is 4. The molecular formula is C5H5NO2S3. The predicted octanol–water partition coefficient (Wildman–Crippen LogP) is 0.248. The van der Waals surface area contributed by atoms with Crippen molar-refractivity contribution in [2.45, 2.75) is 0 Å². The molecule has 0 radical (unpaired) electrons. The number of sulfonamides is 1. The number of hydrogen-bond donors (Lipinski definition) is 1. The summed E-state index contributed by atoms with van der Waals surface area (Å²) in [5.41, 5.74) is 0.810. The minimum atomic E-state index is -3.21. The summed E-state index contributed by atoms with van der Waals surface area (Å²) in [6.07, 6.45) is 0. The molecular weight excluding hydrogens is 202 g/mol. The Balaban J connectivity index is 2.61. The Morgan fingerprint density at radius 2 is 2.18 bits per heavy atom. The smallest absolute Gasteiger partial charge is 0.259 e. The van der Waals surface area contributed by atoms with Gasteiger partial charge in [-0.2, -0.15) is 11.8 Å². The van der Waals surface area contributed by atoms with E-state index in [1.807, 2.05) is 0 Å². The third-order valence-electron chi connectivity index (χ3n) is 1.64. The molecule has 2 aliphatic heterocycles. The van der Waals surface area contributed by atoms with E-state index in [9.17, 15) is 8.42 Å². The van der Waals surface area contributed by atoms with E-state index < -0.39 is 10.0 Å². The third kappa shape index (κ3) is 1.00. The van der Waals surface area contributed by atoms with Crippen LogP contribution in [0.15, 0.2) is 10.5 Å². The van der Waals surface area contributed by atoms with Gasteiger partial charge in [-0.1, -0.05) is 12.2 Å². The Morgan fingerprint density at radius 3 is 2.82 bits per heavy atom. The van der Waals surface area contributed by atoms with Crippen molar-refractivity contribution in [1.29, 1.82) is 0 Å². The van der Waals surface area contributed by atoms with Gasteiger partial charge in [0.15, 0.2) is 0 Å². The zero-order valence-electron chi connectivity index (χ0n) is 5.46. The van der Waals surface area contributed by atoms with E-state index in [0.717, 1.165) is 11.3 Å². The third-order valence-corrected chi connectivity index (χ3v) is 4.80. The van der Waals surface area contributed by atoms with Gasteiger partial charge in [0.1, 0.15) is 4.99 Å². The molecule has 1 N–H and O–H groups in total. The van der Waals surface area contributed by atoms with Crippen molar-refractivity contribution in [3.05, 3.63) is 10.5 Å². The van der Waals surface area contributed by atoms with Crippen LogP contribution in [0.4, 0.5) is 0 Å². The molecule has 0 aromatic carbocycles. The highest BCUT2D eigenvalue weighted by Gasteiger charge is 2.35. The van der Waals surface area contributed by atoms with Crippen LogP contribution < -0.4 is 4.72 Å². The number of nitrogens with one attached hydrogen (secondary N) is 1. The van der Waals surface area contributed by atoms with Gasteiger partial charge in [-0.05, 0) is 0 Å². The topological polar surface area (TPSA) is 46.2 Å². The average molecular weight is 207 g/mol. The minimum Gasteiger partial charge on any atom is -0.270 e. The van der Waals surface area contributed by atoms with Crippen LogP contribution in [0.5, 0.6) is 0 Å². The van der Waals surface area contributed by atoms with E-state index in [1.54, 1.807) is 11.8 Å². The number of thioether (sulfide) groups is 1. The fourth-order valence-corrected chi connectivity index (χ4v) is 4.71. The summed E-state index contributed by atoms with van der Waals surface area (Å²) in [6, 6.07) is 0. The van der Waals surface area contributed by atoms with Crippen molar-refractivity contribution in [1.82, 2.24) is 4.72 Å². The summed E-state index contributed by atoms with van der Waals surface area (Å²) < 4.78 is 24.7. The molecule has 3 nitrogen and oxygen atoms in total. The van der Waals surface area contributed by atoms with Crippen LogP contribution in [0, 0.1) is 0 Å². The van der Waals surface area contributed by atoms with Gasteiger partial charge in [0, 0.05) is 17.1 Å². The van der Waals surface area contributed by atoms with Crippen LogP contribution >= 0.6 is 24.0 Å². The molecule has 0 spiro atoms. The summed E-state index contributed by atoms with van der Waals surface area (Å²) in [4.78, 5) is 0.887. The second-order valence-electron chi connectivity index (χ2n) is 2.33. The van der Waals surface area contributed by atoms with E-state index in [2.05, 4.69) is 4.72 Å². The highest BCUT2D eigenvalue weighted by atomic mass is 32.2. The van der Waals surface area contributed by atoms with E-state index in [-0.39, 0.29) is 0 Å². The molecule has 0 aromatic rings. The SMILES string of the molecule is O=S1(=O)NC(=S)C2=C1CSC2. The van der Waals surface area contributed by atoms with E-state index >= 15 is 0 Å². The van der Waals surface area contributed by atoms with Crippen LogP contribution in [-0.4, -0.2) is 24.9 Å². The van der Waals surface area contributed by atoms with Gasteiger partial charge < -0.3 is 0 Å². The monoisotopic (exact) mass is 207 g/mol. The molecule has 0 saturated carbocycles. The van der Waals surface area contributed by atoms with Crippen molar-refractivity contribution in [2.75, 3.05) is 11.5 Å². The Hall–Kier alpha value is -0.0700. The highest BCUT2D eigenvalue weighted by Crippen LogP contribution is 2.32. The first-order valence-corrected chi connectivity index (χ1v) is 6.03. The maximum Gasteiger partial charge on any atom is 0.259 e. The molecule has 2 heterocycles. The average Bonchev–Trinajstić information content (AvgIpc) is 2.37. The lowest BCUT2D eigenvalue weighted by Crippen LogP contribution is -2.23. The lowest BCUT2D eigenvalue weighted by Gasteiger charge is -1.99. The molecule has 60 valence electrons. The summed E-state index contributed by atoms with van der Waals surface area (Å²) in [5, 5.41) is 0. The molecule has 0 atom stereocenters. The molecule has 0 fully saturated rings. The van der Waals surface area contributed by atoms with Crippen LogP contribution in [0.3, 0.4) is 0 Å². The van der Waals surface area contributed by atoms with E-state index in [4.69, 9.17) is 12.2 Å². The largest absolute Gasteiger partial charge is 0.270 e. The maximum absolute atomic E-state index is 11.2. The molecule has 6 heteroatoms. The molecule has 0 saturated heterocycles. The lowest BCUT2D eigenvalue weighted by atomic mass is 10.3. The molecule has 2 aliphatic rings. The second-order valence-corrected chi connectivity index (χ2v) is 5.43. The van der Waals surface area contributed by atoms with Crippen LogP contribution in [0.1, 0.15) is 0 Å². The molecule has 0 bridgehead atoms. The maximum atomic E-state index is 11.2. The van der Waals surface area contributed by atoms with Gasteiger partial charge in [-0.15, -0.1) is 0 Å². The first-order valence-electron chi connectivity index (χ1n) is 2.98. The van der Waals surface area contributed by atoms with Crippen molar-refractivity contribution < 1.29 is 8.42 Å². The Kier molecular flexibility index (Phi) is 1.52. The van der Waals surface area contributed by atoms with Gasteiger partial charge in [0.2, 0.25) is 0 Å². The van der Waals surface area contributed by atoms with Crippen molar-refractivity contribution in [3.8, 4) is 0 Å². The minimum absolute atomic E-state index is 0.394. The summed E-state index contributed by atoms with van der Waals surface area (Å²) in [5.74, 6) is 1.31. The Morgan fingerprint density at radius 1 is 1.45 bits per heavy atom. The second kappa shape index (κ2) is 2.21. The van der Waals surface area contributed by atoms with Gasteiger partial charge in [-0.25, -0.2) is 8.42 Å². The molecule has 0 aliphatic carbocycles. The lowest BCUT2D eigenvalue weighted by molar-refractivity contribution is 0.600. The van der Waals surface area contributed by atoms with Crippen LogP contribution in [-0.2, 0) is 10.0 Å². The zero-order chi connectivity index (χ0) is 8.06. The van der Waals surface area contributed by atoms with E-state index in [0.29, 0.717) is 15.6 Å². The first-order chi connectivity index (χ1) is 5.11. The summed E-state index contributed by atoms with van der Waals surface area (Å²) in [6.45, 7) is 0. The standard InChI is InChI=1S/C5H5NO2S3/c7-11(8)4-2-10-1-3(4)5(9)6-11/h1-2H2,(H,6,9). The van der Waals surface area contributed by atoms with Gasteiger partial charge in [0.25, 0.3) is 10.0 Å². The van der Waals surface area contributed by atoms with Crippen LogP contribution in [0.2, 0.25) is 0 Å². The normalized spacial score (nSPS) is 27.1. The molecule has 2 rings (SSSR count). The Bertz CT molecular complexity index is 354. The predicted molar refractivity (Wildman–Crippen MR) is 49.0 cm³/mol. The number of rotatable bonds is 0. The van der Waals surface area contributed by atoms with Crippen molar-refractivity contribution in [3.63, 3.8) is 0 Å². The first kappa shape index (κ1) is 7.57. The summed E-state index contributed by atoms with van der Waals surface area (Å²) in [7, 11) is -3.21. The fourth-order valence-electron chi connectivity index (χ4n) is 1.09. The highest BCUT2D eigenvalue weighted by molar-refractivity contribution is 8.03. The van der Waals surface area contributed by atoms with Gasteiger partial charge in [0.05, 0.1) is 4.91 Å². The Labute approximate surface area is 74.3 Å². The summed E-state index contributed by atoms with van der Waals surface area (Å²) >= 11 is 6.44. The van der Waals surface area contributed by atoms with Crippen LogP contribution in [0.25, 0.3) is 0 Å². The molecule has 0 aromatic heterocycles. The van der Waals surface area contributed by atoms with Crippen molar-refractivity contribution >= 4 is 39.0 Å². The molecule has 11 heavy (non-hydrogen) atoms. The fraction of sp³-hybridized carbons (Fsp3) is 0.400. The van der Waals surface area contributed by atoms with Crippen molar-refractivity contribution in [2.24, 2.45) is 0 Å². The van der Waals surface area contributed by atoms with Gasteiger partial charge >= 0.3 is 0 Å².